The molecule has 0 amide bonds. The van der Waals surface area contributed by atoms with Gasteiger partial charge in [0.1, 0.15) is 11.0 Å². The molecule has 0 aliphatic rings. The summed E-state index contributed by atoms with van der Waals surface area (Å²) in [4.78, 5) is 32.3. The second-order valence-corrected chi connectivity index (χ2v) is 6.76. The Morgan fingerprint density at radius 2 is 1.96 bits per heavy atom. The fourth-order valence-electron chi connectivity index (χ4n) is 2.09. The lowest BCUT2D eigenvalue weighted by atomic mass is 10.2. The molecule has 0 fully saturated rings. The van der Waals surface area contributed by atoms with E-state index in [-0.39, 0.29) is 17.3 Å². The molecule has 0 radical (unpaired) electrons. The molecule has 0 N–H and O–H groups in total. The number of ether oxygens (including phenoxy) is 1. The molecule has 0 unspecified atom stereocenters. The van der Waals surface area contributed by atoms with Crippen molar-refractivity contribution in [1.29, 1.82) is 0 Å². The van der Waals surface area contributed by atoms with E-state index in [1.807, 2.05) is 0 Å². The number of carbonyl (C=O) groups is 1. The molecule has 1 aromatic carbocycles. The molecule has 2 rings (SSSR count). The van der Waals surface area contributed by atoms with Crippen molar-refractivity contribution in [1.82, 2.24) is 9.97 Å². The molecule has 0 spiro atoms. The summed E-state index contributed by atoms with van der Waals surface area (Å²) in [6.45, 7) is 0. The van der Waals surface area contributed by atoms with Gasteiger partial charge in [0.15, 0.2) is 5.16 Å². The molecule has 0 aliphatic heterocycles. The number of nitro groups is 1. The van der Waals surface area contributed by atoms with Crippen LogP contribution in [0.4, 0.5) is 11.5 Å². The van der Waals surface area contributed by atoms with Crippen molar-refractivity contribution < 1.29 is 14.5 Å². The smallest absolute Gasteiger partial charge is 0.310 e. The SMILES string of the molecule is COC(=O)Cc1c(Cl)nc(SCc2ccc([N+](=O)[O-])cc2)nc1N(C)C. The molecule has 0 bridgehead atoms. The number of esters is 1. The van der Waals surface area contributed by atoms with Crippen LogP contribution in [0.15, 0.2) is 29.4 Å². The number of carbonyl (C=O) groups excluding carboxylic acids is 1. The molecule has 138 valence electrons. The lowest BCUT2D eigenvalue weighted by Crippen LogP contribution is -2.17. The number of nitrogens with zero attached hydrogens (tertiary/aromatic N) is 4. The van der Waals surface area contributed by atoms with Gasteiger partial charge < -0.3 is 9.64 Å². The number of nitro benzene ring substituents is 1. The first-order chi connectivity index (χ1) is 12.3. The molecular weight excluding hydrogens is 380 g/mol. The standard InChI is InChI=1S/C16H17ClN4O4S/c1-20(2)15-12(8-13(22)25-3)14(17)18-16(19-15)26-9-10-4-6-11(7-5-10)21(23)24/h4-7H,8-9H2,1-3H3. The highest BCUT2D eigenvalue weighted by atomic mass is 35.5. The van der Waals surface area contributed by atoms with Crippen molar-refractivity contribution in [2.24, 2.45) is 0 Å². The number of hydrogen-bond donors (Lipinski definition) is 0. The molecule has 10 heteroatoms. The van der Waals surface area contributed by atoms with Crippen LogP contribution in [0.5, 0.6) is 0 Å². The van der Waals surface area contributed by atoms with Crippen LogP contribution in [0.1, 0.15) is 11.1 Å². The van der Waals surface area contributed by atoms with Crippen LogP contribution in [-0.4, -0.2) is 42.1 Å². The van der Waals surface area contributed by atoms with E-state index in [1.165, 1.54) is 31.0 Å². The molecule has 0 saturated carbocycles. The third-order valence-electron chi connectivity index (χ3n) is 3.40. The van der Waals surface area contributed by atoms with Crippen molar-refractivity contribution in [3.63, 3.8) is 0 Å². The van der Waals surface area contributed by atoms with E-state index < -0.39 is 10.9 Å². The lowest BCUT2D eigenvalue weighted by molar-refractivity contribution is -0.384. The van der Waals surface area contributed by atoms with E-state index in [1.54, 1.807) is 31.1 Å². The fourth-order valence-corrected chi connectivity index (χ4v) is 3.17. The topological polar surface area (TPSA) is 98.5 Å². The first kappa shape index (κ1) is 19.9. The molecule has 0 saturated heterocycles. The predicted molar refractivity (Wildman–Crippen MR) is 99.7 cm³/mol. The van der Waals surface area contributed by atoms with E-state index in [2.05, 4.69) is 14.7 Å². The van der Waals surface area contributed by atoms with Gasteiger partial charge in [-0.3, -0.25) is 14.9 Å². The number of methoxy groups -OCH3 is 1. The Balaban J connectivity index is 2.19. The van der Waals surface area contributed by atoms with Crippen molar-refractivity contribution in [3.05, 3.63) is 50.7 Å². The number of aromatic nitrogens is 2. The minimum Gasteiger partial charge on any atom is -0.469 e. The van der Waals surface area contributed by atoms with E-state index >= 15 is 0 Å². The second-order valence-electron chi connectivity index (χ2n) is 5.46. The van der Waals surface area contributed by atoms with Crippen LogP contribution >= 0.6 is 23.4 Å². The minimum absolute atomic E-state index is 0.0177. The Bertz CT molecular complexity index is 815. The normalized spacial score (nSPS) is 10.5. The molecule has 2 aromatic rings. The summed E-state index contributed by atoms with van der Waals surface area (Å²) in [7, 11) is 4.90. The zero-order valence-electron chi connectivity index (χ0n) is 14.4. The Morgan fingerprint density at radius 1 is 1.31 bits per heavy atom. The molecule has 26 heavy (non-hydrogen) atoms. The first-order valence-corrected chi connectivity index (χ1v) is 8.85. The highest BCUT2D eigenvalue weighted by molar-refractivity contribution is 7.98. The zero-order valence-corrected chi connectivity index (χ0v) is 16.0. The average Bonchev–Trinajstić information content (AvgIpc) is 2.61. The number of halogens is 1. The third-order valence-corrected chi connectivity index (χ3v) is 4.63. The Hall–Kier alpha value is -2.39. The van der Waals surface area contributed by atoms with Gasteiger partial charge in [0, 0.05) is 37.5 Å². The van der Waals surface area contributed by atoms with Gasteiger partial charge in [-0.05, 0) is 5.56 Å². The Morgan fingerprint density at radius 3 is 2.50 bits per heavy atom. The van der Waals surface area contributed by atoms with E-state index in [0.717, 1.165) is 5.56 Å². The quantitative estimate of drug-likeness (QED) is 0.176. The maximum absolute atomic E-state index is 11.6. The molecule has 8 nitrogen and oxygen atoms in total. The van der Waals surface area contributed by atoms with Gasteiger partial charge in [-0.1, -0.05) is 35.5 Å². The van der Waals surface area contributed by atoms with E-state index in [0.29, 0.717) is 22.3 Å². The van der Waals surface area contributed by atoms with Gasteiger partial charge in [-0.2, -0.15) is 0 Å². The van der Waals surface area contributed by atoms with Crippen LogP contribution in [0, 0.1) is 10.1 Å². The maximum Gasteiger partial charge on any atom is 0.310 e. The number of rotatable bonds is 7. The molecule has 1 heterocycles. The van der Waals surface area contributed by atoms with Crippen LogP contribution in [-0.2, 0) is 21.7 Å². The highest BCUT2D eigenvalue weighted by Gasteiger charge is 2.18. The molecule has 1 aromatic heterocycles. The van der Waals surface area contributed by atoms with Crippen LogP contribution in [0.2, 0.25) is 5.15 Å². The van der Waals surface area contributed by atoms with Gasteiger partial charge >= 0.3 is 5.97 Å². The van der Waals surface area contributed by atoms with Crippen molar-refractivity contribution >= 4 is 40.8 Å². The first-order valence-electron chi connectivity index (χ1n) is 7.48. The van der Waals surface area contributed by atoms with Crippen LogP contribution < -0.4 is 4.90 Å². The number of hydrogen-bond acceptors (Lipinski definition) is 8. The highest BCUT2D eigenvalue weighted by Crippen LogP contribution is 2.29. The van der Waals surface area contributed by atoms with E-state index in [9.17, 15) is 14.9 Å². The average molecular weight is 397 g/mol. The van der Waals surface area contributed by atoms with Crippen molar-refractivity contribution in [3.8, 4) is 0 Å². The molecular formula is C16H17ClN4O4S. The predicted octanol–water partition coefficient (Wildman–Crippen LogP) is 3.11. The van der Waals surface area contributed by atoms with Crippen molar-refractivity contribution in [2.45, 2.75) is 17.3 Å². The summed E-state index contributed by atoms with van der Waals surface area (Å²) in [5.41, 5.74) is 1.44. The fraction of sp³-hybridized carbons (Fsp3) is 0.312. The van der Waals surface area contributed by atoms with Crippen LogP contribution in [0.3, 0.4) is 0 Å². The summed E-state index contributed by atoms with van der Waals surface area (Å²) in [6.07, 6.45) is -0.0177. The van der Waals surface area contributed by atoms with Crippen LogP contribution in [0.25, 0.3) is 0 Å². The summed E-state index contributed by atoms with van der Waals surface area (Å²) in [5.74, 6) is 0.642. The summed E-state index contributed by atoms with van der Waals surface area (Å²) >= 11 is 7.59. The number of non-ortho nitro benzene ring substituents is 1. The monoisotopic (exact) mass is 396 g/mol. The number of benzene rings is 1. The van der Waals surface area contributed by atoms with Gasteiger partial charge in [0.05, 0.1) is 18.5 Å². The second kappa shape index (κ2) is 8.81. The Labute approximate surface area is 159 Å². The maximum atomic E-state index is 11.6. The minimum atomic E-state index is -0.441. The number of thioether (sulfide) groups is 1. The van der Waals surface area contributed by atoms with Gasteiger partial charge in [0.2, 0.25) is 0 Å². The van der Waals surface area contributed by atoms with E-state index in [4.69, 9.17) is 11.6 Å². The molecule has 0 atom stereocenters. The molecule has 0 aliphatic carbocycles. The number of anilines is 1. The summed E-state index contributed by atoms with van der Waals surface area (Å²) in [6, 6.07) is 6.28. The largest absolute Gasteiger partial charge is 0.469 e. The lowest BCUT2D eigenvalue weighted by Gasteiger charge is -2.17. The van der Waals surface area contributed by atoms with Gasteiger partial charge in [-0.25, -0.2) is 9.97 Å². The van der Waals surface area contributed by atoms with Gasteiger partial charge in [-0.15, -0.1) is 0 Å². The summed E-state index contributed by atoms with van der Waals surface area (Å²) in [5, 5.41) is 11.3. The van der Waals surface area contributed by atoms with Gasteiger partial charge in [0.25, 0.3) is 5.69 Å². The summed E-state index contributed by atoms with van der Waals surface area (Å²) < 4.78 is 4.68. The van der Waals surface area contributed by atoms with Crippen molar-refractivity contribution in [2.75, 3.05) is 26.1 Å². The third kappa shape index (κ3) is 5.06. The Kier molecular flexibility index (Phi) is 6.76. The zero-order chi connectivity index (χ0) is 19.3.